The molecule has 2 N–H and O–H groups in total. The number of carbonyl (C=O) groups is 2. The molecule has 0 aliphatic carbocycles. The van der Waals surface area contributed by atoms with Crippen LogP contribution in [0.2, 0.25) is 0 Å². The summed E-state index contributed by atoms with van der Waals surface area (Å²) in [5.41, 5.74) is -0.284. The van der Waals surface area contributed by atoms with Crippen molar-refractivity contribution >= 4 is 19.1 Å². The molecule has 0 bridgehead atoms. The number of carbonyl (C=O) groups excluding carboxylic acids is 1. The molecule has 8 heteroatoms. The van der Waals surface area contributed by atoms with Gasteiger partial charge in [-0.2, -0.15) is 0 Å². The van der Waals surface area contributed by atoms with Crippen molar-refractivity contribution in [2.45, 2.75) is 58.1 Å². The molecule has 1 aliphatic heterocycles. The minimum atomic E-state index is -0.970. The van der Waals surface area contributed by atoms with Crippen molar-refractivity contribution in [1.29, 1.82) is 0 Å². The molecule has 1 fully saturated rings. The number of rotatable bonds is 6. The molecule has 0 aromatic carbocycles. The first-order valence-electron chi connectivity index (χ1n) is 8.01. The van der Waals surface area contributed by atoms with E-state index in [1.807, 2.05) is 27.7 Å². The van der Waals surface area contributed by atoms with E-state index in [9.17, 15) is 14.7 Å². The largest absolute Gasteiger partial charge is 0.481 e. The maximum Gasteiger partial charge on any atom is 0.467 e. The van der Waals surface area contributed by atoms with Crippen LogP contribution in [-0.2, 0) is 18.8 Å². The molecule has 7 nitrogen and oxygen atoms in total. The SMILES string of the molecule is CCOC(=O)c1ccc(C(CC(=O)O)B2OC(C)(C)C(C)(C)O2)[nH]1. The van der Waals surface area contributed by atoms with Crippen LogP contribution in [0.4, 0.5) is 0 Å². The zero-order chi connectivity index (χ0) is 18.1. The highest BCUT2D eigenvalue weighted by Gasteiger charge is 2.54. The summed E-state index contributed by atoms with van der Waals surface area (Å²) in [5, 5.41) is 9.25. The first kappa shape index (κ1) is 18.5. The first-order chi connectivity index (χ1) is 11.1. The van der Waals surface area contributed by atoms with Crippen LogP contribution in [0, 0.1) is 0 Å². The van der Waals surface area contributed by atoms with E-state index >= 15 is 0 Å². The molecule has 0 spiro atoms. The van der Waals surface area contributed by atoms with Crippen molar-refractivity contribution in [2.75, 3.05) is 6.61 Å². The summed E-state index contributed by atoms with van der Waals surface area (Å²) < 4.78 is 16.9. The maximum absolute atomic E-state index is 11.8. The topological polar surface area (TPSA) is 97.9 Å². The van der Waals surface area contributed by atoms with E-state index in [-0.39, 0.29) is 18.7 Å². The Hall–Kier alpha value is -1.80. The van der Waals surface area contributed by atoms with Crippen molar-refractivity contribution in [3.63, 3.8) is 0 Å². The van der Waals surface area contributed by atoms with Gasteiger partial charge >= 0.3 is 19.1 Å². The molecule has 0 amide bonds. The fraction of sp³-hybridized carbons (Fsp3) is 0.625. The number of esters is 1. The number of hydrogen-bond acceptors (Lipinski definition) is 5. The Morgan fingerprint density at radius 2 is 1.83 bits per heavy atom. The molecule has 0 saturated carbocycles. The Morgan fingerprint density at radius 1 is 1.25 bits per heavy atom. The van der Waals surface area contributed by atoms with Gasteiger partial charge in [0.2, 0.25) is 0 Å². The Bertz CT molecular complexity index is 608. The van der Waals surface area contributed by atoms with Gasteiger partial charge in [0.15, 0.2) is 0 Å². The summed E-state index contributed by atoms with van der Waals surface area (Å²) in [6.45, 7) is 9.61. The molecular weight excluding hydrogens is 313 g/mol. The summed E-state index contributed by atoms with van der Waals surface area (Å²) in [5.74, 6) is -2.01. The lowest BCUT2D eigenvalue weighted by Crippen LogP contribution is -2.41. The number of H-pyrrole nitrogens is 1. The summed E-state index contributed by atoms with van der Waals surface area (Å²) in [4.78, 5) is 26.0. The monoisotopic (exact) mass is 337 g/mol. The minimum Gasteiger partial charge on any atom is -0.481 e. The number of ether oxygens (including phenoxy) is 1. The van der Waals surface area contributed by atoms with Crippen LogP contribution in [0.1, 0.15) is 63.0 Å². The van der Waals surface area contributed by atoms with Gasteiger partial charge in [0, 0.05) is 11.5 Å². The second-order valence-corrected chi connectivity index (χ2v) is 6.88. The molecule has 1 atom stereocenters. The quantitative estimate of drug-likeness (QED) is 0.611. The number of carboxylic acids is 1. The lowest BCUT2D eigenvalue weighted by atomic mass is 9.68. The van der Waals surface area contributed by atoms with Crippen LogP contribution < -0.4 is 0 Å². The Balaban J connectivity index is 2.27. The predicted octanol–water partition coefficient (Wildman–Crippen LogP) is 2.38. The van der Waals surface area contributed by atoms with E-state index in [0.717, 1.165) is 0 Å². The fourth-order valence-electron chi connectivity index (χ4n) is 2.55. The highest BCUT2D eigenvalue weighted by atomic mass is 16.7. The van der Waals surface area contributed by atoms with Crippen LogP contribution in [0.25, 0.3) is 0 Å². The number of hydrogen-bond donors (Lipinski definition) is 2. The third kappa shape index (κ3) is 3.65. The van der Waals surface area contributed by atoms with E-state index in [1.54, 1.807) is 19.1 Å². The van der Waals surface area contributed by atoms with Gasteiger partial charge in [-0.3, -0.25) is 4.79 Å². The van der Waals surface area contributed by atoms with Gasteiger partial charge in [-0.15, -0.1) is 0 Å². The van der Waals surface area contributed by atoms with E-state index < -0.39 is 36.1 Å². The second kappa shape index (κ2) is 6.60. The smallest absolute Gasteiger partial charge is 0.467 e. The van der Waals surface area contributed by atoms with Crippen molar-refractivity contribution in [2.24, 2.45) is 0 Å². The van der Waals surface area contributed by atoms with Gasteiger partial charge in [-0.1, -0.05) is 0 Å². The average molecular weight is 337 g/mol. The third-order valence-corrected chi connectivity index (χ3v) is 4.60. The second-order valence-electron chi connectivity index (χ2n) is 6.88. The number of nitrogens with one attached hydrogen (secondary N) is 1. The normalized spacial score (nSPS) is 20.0. The molecule has 0 radical (unpaired) electrons. The van der Waals surface area contributed by atoms with Crippen molar-refractivity contribution < 1.29 is 28.7 Å². The van der Waals surface area contributed by atoms with Crippen molar-refractivity contribution in [3.8, 4) is 0 Å². The molecule has 1 aromatic heterocycles. The highest BCUT2D eigenvalue weighted by molar-refractivity contribution is 6.48. The molecule has 2 rings (SSSR count). The lowest BCUT2D eigenvalue weighted by molar-refractivity contribution is -0.137. The molecule has 1 aliphatic rings. The van der Waals surface area contributed by atoms with Crippen molar-refractivity contribution in [1.82, 2.24) is 4.98 Å². The molecule has 2 heterocycles. The molecule has 1 aromatic rings. The number of aromatic amines is 1. The van der Waals surface area contributed by atoms with Gasteiger partial charge in [0.1, 0.15) is 5.69 Å². The van der Waals surface area contributed by atoms with Gasteiger partial charge in [0.25, 0.3) is 0 Å². The van der Waals surface area contributed by atoms with E-state index in [2.05, 4.69) is 4.98 Å². The highest BCUT2D eigenvalue weighted by Crippen LogP contribution is 2.41. The molecule has 1 saturated heterocycles. The number of aromatic nitrogens is 1. The molecular formula is C16H24BNO6. The Morgan fingerprint density at radius 3 is 2.33 bits per heavy atom. The summed E-state index contributed by atoms with van der Waals surface area (Å²) >= 11 is 0. The number of aliphatic carboxylic acids is 1. The minimum absolute atomic E-state index is 0.181. The van der Waals surface area contributed by atoms with E-state index in [0.29, 0.717) is 5.69 Å². The van der Waals surface area contributed by atoms with Gasteiger partial charge < -0.3 is 24.1 Å². The lowest BCUT2D eigenvalue weighted by Gasteiger charge is -2.32. The average Bonchev–Trinajstić information content (AvgIpc) is 3.00. The summed E-state index contributed by atoms with van der Waals surface area (Å²) in [6, 6.07) is 3.25. The maximum atomic E-state index is 11.8. The van der Waals surface area contributed by atoms with Crippen LogP contribution >= 0.6 is 0 Å². The van der Waals surface area contributed by atoms with Gasteiger partial charge in [-0.05, 0) is 46.8 Å². The zero-order valence-electron chi connectivity index (χ0n) is 14.7. The molecule has 24 heavy (non-hydrogen) atoms. The summed E-state index contributed by atoms with van der Waals surface area (Å²) in [6.07, 6.45) is -0.181. The van der Waals surface area contributed by atoms with Crippen LogP contribution in [-0.4, -0.2) is 47.0 Å². The van der Waals surface area contributed by atoms with E-state index in [1.165, 1.54) is 0 Å². The molecule has 1 unspecified atom stereocenters. The third-order valence-electron chi connectivity index (χ3n) is 4.60. The van der Waals surface area contributed by atoms with Crippen LogP contribution in [0.3, 0.4) is 0 Å². The van der Waals surface area contributed by atoms with Gasteiger partial charge in [-0.25, -0.2) is 4.79 Å². The first-order valence-corrected chi connectivity index (χ1v) is 8.01. The predicted molar refractivity (Wildman–Crippen MR) is 87.8 cm³/mol. The molecule has 132 valence electrons. The zero-order valence-corrected chi connectivity index (χ0v) is 14.7. The standard InChI is InChI=1S/C16H24BNO6/c1-6-22-14(21)12-8-7-11(18-12)10(9-13(19)20)17-23-15(2,3)16(4,5)24-17/h7-8,10,18H,6,9H2,1-5H3,(H,19,20). The van der Waals surface area contributed by atoms with Gasteiger partial charge in [0.05, 0.1) is 24.2 Å². The van der Waals surface area contributed by atoms with Crippen molar-refractivity contribution in [3.05, 3.63) is 23.5 Å². The Kier molecular flexibility index (Phi) is 5.10. The summed E-state index contributed by atoms with van der Waals surface area (Å²) in [7, 11) is -0.722. The Labute approximate surface area is 141 Å². The van der Waals surface area contributed by atoms with E-state index in [4.69, 9.17) is 14.0 Å². The number of carboxylic acid groups (broad SMARTS) is 1. The fourth-order valence-corrected chi connectivity index (χ4v) is 2.55. The van der Waals surface area contributed by atoms with Crippen LogP contribution in [0.5, 0.6) is 0 Å². The van der Waals surface area contributed by atoms with Crippen LogP contribution in [0.15, 0.2) is 12.1 Å².